The summed E-state index contributed by atoms with van der Waals surface area (Å²) in [5, 5.41) is 13.3. The van der Waals surface area contributed by atoms with Crippen molar-refractivity contribution in [2.24, 2.45) is 0 Å². The number of hydrogen-bond donors (Lipinski definition) is 2. The highest BCUT2D eigenvalue weighted by Gasteiger charge is 2.34. The lowest BCUT2D eigenvalue weighted by atomic mass is 10.1. The van der Waals surface area contributed by atoms with Crippen molar-refractivity contribution < 1.29 is 9.84 Å². The fraction of sp³-hybridized carbons (Fsp3) is 0.455. The first-order chi connectivity index (χ1) is 13.2. The minimum atomic E-state index is -0.133. The van der Waals surface area contributed by atoms with Crippen LogP contribution in [-0.4, -0.2) is 60.3 Å². The van der Waals surface area contributed by atoms with E-state index < -0.39 is 0 Å². The summed E-state index contributed by atoms with van der Waals surface area (Å²) in [5.74, 6) is 0.885. The van der Waals surface area contributed by atoms with Crippen molar-refractivity contribution in [3.8, 4) is 5.75 Å². The Balaban J connectivity index is 1.27. The van der Waals surface area contributed by atoms with Gasteiger partial charge in [0, 0.05) is 51.0 Å². The number of methoxy groups -OCH3 is 1. The summed E-state index contributed by atoms with van der Waals surface area (Å²) in [4.78, 5) is 4.95. The van der Waals surface area contributed by atoms with E-state index in [1.54, 1.807) is 7.11 Å². The molecular formula is C22H29N3O2. The molecule has 27 heavy (non-hydrogen) atoms. The highest BCUT2D eigenvalue weighted by atomic mass is 16.5. The molecule has 0 saturated carbocycles. The lowest BCUT2D eigenvalue weighted by Gasteiger charge is -2.37. The van der Waals surface area contributed by atoms with Gasteiger partial charge in [0.15, 0.2) is 0 Å². The lowest BCUT2D eigenvalue weighted by Crippen LogP contribution is -2.49. The van der Waals surface area contributed by atoms with Gasteiger partial charge < -0.3 is 15.2 Å². The zero-order valence-corrected chi connectivity index (χ0v) is 16.0. The molecule has 144 valence electrons. The molecule has 2 fully saturated rings. The second-order valence-electron chi connectivity index (χ2n) is 7.67. The number of rotatable bonds is 6. The quantitative estimate of drug-likeness (QED) is 0.822. The molecule has 2 atom stereocenters. The molecule has 0 aliphatic carbocycles. The second kappa shape index (κ2) is 8.30. The molecule has 4 rings (SSSR count). The van der Waals surface area contributed by atoms with Crippen molar-refractivity contribution in [2.45, 2.75) is 31.7 Å². The zero-order chi connectivity index (χ0) is 18.6. The Labute approximate surface area is 161 Å². The summed E-state index contributed by atoms with van der Waals surface area (Å²) in [7, 11) is 1.69. The van der Waals surface area contributed by atoms with Crippen molar-refractivity contribution in [2.75, 3.05) is 38.6 Å². The molecule has 0 bridgehead atoms. The van der Waals surface area contributed by atoms with Crippen molar-refractivity contribution in [3.05, 3.63) is 59.7 Å². The van der Waals surface area contributed by atoms with Crippen LogP contribution >= 0.6 is 0 Å². The van der Waals surface area contributed by atoms with E-state index in [9.17, 15) is 5.11 Å². The van der Waals surface area contributed by atoms with Crippen LogP contribution in [0.2, 0.25) is 0 Å². The summed E-state index contributed by atoms with van der Waals surface area (Å²) in [6.07, 6.45) is 0.788. The predicted molar refractivity (Wildman–Crippen MR) is 108 cm³/mol. The van der Waals surface area contributed by atoms with Crippen molar-refractivity contribution in [3.63, 3.8) is 0 Å². The third-order valence-corrected chi connectivity index (χ3v) is 5.69. The number of anilines is 1. The molecule has 2 saturated heterocycles. The van der Waals surface area contributed by atoms with E-state index in [2.05, 4.69) is 51.5 Å². The van der Waals surface area contributed by atoms with Crippen LogP contribution in [0.4, 0.5) is 5.69 Å². The van der Waals surface area contributed by atoms with Gasteiger partial charge in [0.2, 0.25) is 0 Å². The number of ether oxygens (including phenoxy) is 1. The van der Waals surface area contributed by atoms with Gasteiger partial charge in [0.05, 0.1) is 13.2 Å². The Morgan fingerprint density at radius 2 is 1.74 bits per heavy atom. The maximum Gasteiger partial charge on any atom is 0.118 e. The molecule has 2 aliphatic heterocycles. The molecule has 2 aliphatic rings. The molecular weight excluding hydrogens is 338 g/mol. The van der Waals surface area contributed by atoms with Crippen LogP contribution in [0, 0.1) is 0 Å². The van der Waals surface area contributed by atoms with Gasteiger partial charge in [-0.3, -0.25) is 9.80 Å². The van der Waals surface area contributed by atoms with Gasteiger partial charge in [-0.15, -0.1) is 0 Å². The summed E-state index contributed by atoms with van der Waals surface area (Å²) in [5.41, 5.74) is 3.71. The van der Waals surface area contributed by atoms with E-state index in [-0.39, 0.29) is 6.10 Å². The summed E-state index contributed by atoms with van der Waals surface area (Å²) in [6, 6.07) is 17.4. The van der Waals surface area contributed by atoms with Crippen LogP contribution < -0.4 is 10.1 Å². The average Bonchev–Trinajstić information content (AvgIpc) is 3.07. The summed E-state index contributed by atoms with van der Waals surface area (Å²) >= 11 is 0. The number of aliphatic hydroxyl groups is 1. The first kappa shape index (κ1) is 18.3. The zero-order valence-electron chi connectivity index (χ0n) is 16.0. The van der Waals surface area contributed by atoms with Gasteiger partial charge in [-0.1, -0.05) is 24.3 Å². The van der Waals surface area contributed by atoms with Crippen molar-refractivity contribution in [1.29, 1.82) is 0 Å². The smallest absolute Gasteiger partial charge is 0.118 e. The third-order valence-electron chi connectivity index (χ3n) is 5.69. The van der Waals surface area contributed by atoms with Crippen molar-refractivity contribution >= 4 is 5.69 Å². The minimum Gasteiger partial charge on any atom is -0.497 e. The molecule has 0 spiro atoms. The molecule has 0 aromatic heterocycles. The van der Waals surface area contributed by atoms with E-state index in [0.717, 1.165) is 57.1 Å². The van der Waals surface area contributed by atoms with Crippen LogP contribution in [0.3, 0.4) is 0 Å². The standard InChI is InChI=1S/C22H29N3O2/c1-27-22-8-4-17(5-9-22)13-23-19-6-2-18(3-7-19)14-24-10-11-25-16-21(26)12-20(25)15-24/h2-9,20-21,23,26H,10-16H2,1H3/t20-,21-/m1/s1. The monoisotopic (exact) mass is 367 g/mol. The Morgan fingerprint density at radius 1 is 1.00 bits per heavy atom. The first-order valence-corrected chi connectivity index (χ1v) is 9.80. The van der Waals surface area contributed by atoms with Gasteiger partial charge in [0.25, 0.3) is 0 Å². The Hall–Kier alpha value is -2.08. The molecule has 5 heteroatoms. The maximum absolute atomic E-state index is 9.85. The van der Waals surface area contributed by atoms with Crippen LogP contribution in [0.5, 0.6) is 5.75 Å². The number of benzene rings is 2. The fourth-order valence-electron chi connectivity index (χ4n) is 4.16. The van der Waals surface area contributed by atoms with E-state index in [4.69, 9.17) is 4.74 Å². The minimum absolute atomic E-state index is 0.133. The van der Waals surface area contributed by atoms with E-state index >= 15 is 0 Å². The topological polar surface area (TPSA) is 48.0 Å². The normalized spacial score (nSPS) is 23.2. The van der Waals surface area contributed by atoms with Crippen LogP contribution in [-0.2, 0) is 13.1 Å². The molecule has 0 radical (unpaired) electrons. The first-order valence-electron chi connectivity index (χ1n) is 9.80. The average molecular weight is 367 g/mol. The molecule has 5 nitrogen and oxygen atoms in total. The maximum atomic E-state index is 9.85. The number of piperazine rings is 1. The number of nitrogens with zero attached hydrogens (tertiary/aromatic N) is 2. The van der Waals surface area contributed by atoms with Gasteiger partial charge in [-0.25, -0.2) is 0 Å². The lowest BCUT2D eigenvalue weighted by molar-refractivity contribution is 0.0972. The Kier molecular flexibility index (Phi) is 5.62. The molecule has 2 heterocycles. The van der Waals surface area contributed by atoms with E-state index in [1.807, 2.05) is 12.1 Å². The summed E-state index contributed by atoms with van der Waals surface area (Å²) in [6.45, 7) is 5.86. The second-order valence-corrected chi connectivity index (χ2v) is 7.67. The van der Waals surface area contributed by atoms with Gasteiger partial charge in [-0.05, 0) is 41.8 Å². The molecule has 0 amide bonds. The van der Waals surface area contributed by atoms with Gasteiger partial charge in [-0.2, -0.15) is 0 Å². The number of hydrogen-bond acceptors (Lipinski definition) is 5. The summed E-state index contributed by atoms with van der Waals surface area (Å²) < 4.78 is 5.20. The van der Waals surface area contributed by atoms with Crippen LogP contribution in [0.1, 0.15) is 17.5 Å². The highest BCUT2D eigenvalue weighted by molar-refractivity contribution is 5.45. The highest BCUT2D eigenvalue weighted by Crippen LogP contribution is 2.23. The molecule has 0 unspecified atom stereocenters. The Morgan fingerprint density at radius 3 is 2.48 bits per heavy atom. The Bertz CT molecular complexity index is 732. The largest absolute Gasteiger partial charge is 0.497 e. The molecule has 2 aromatic rings. The van der Waals surface area contributed by atoms with Gasteiger partial charge >= 0.3 is 0 Å². The number of nitrogens with one attached hydrogen (secondary N) is 1. The number of fused-ring (bicyclic) bond motifs is 1. The van der Waals surface area contributed by atoms with Crippen LogP contribution in [0.15, 0.2) is 48.5 Å². The SMILES string of the molecule is COc1ccc(CNc2ccc(CN3CCN4C[C@H](O)C[C@@H]4C3)cc2)cc1. The molecule has 2 aromatic carbocycles. The van der Waals surface area contributed by atoms with Gasteiger partial charge in [0.1, 0.15) is 5.75 Å². The number of aliphatic hydroxyl groups excluding tert-OH is 1. The van der Waals surface area contributed by atoms with E-state index in [0.29, 0.717) is 6.04 Å². The van der Waals surface area contributed by atoms with Crippen molar-refractivity contribution in [1.82, 2.24) is 9.80 Å². The molecule has 2 N–H and O–H groups in total. The third kappa shape index (κ3) is 4.61. The van der Waals surface area contributed by atoms with E-state index in [1.165, 1.54) is 11.1 Å². The predicted octanol–water partition coefficient (Wildman–Crippen LogP) is 2.56. The fourth-order valence-corrected chi connectivity index (χ4v) is 4.16. The van der Waals surface area contributed by atoms with Crippen LogP contribution in [0.25, 0.3) is 0 Å².